The first-order valence-corrected chi connectivity index (χ1v) is 7.53. The van der Waals surface area contributed by atoms with Crippen LogP contribution >= 0.6 is 15.9 Å². The van der Waals surface area contributed by atoms with E-state index < -0.39 is 11.9 Å². The Morgan fingerprint density at radius 2 is 2.19 bits per heavy atom. The number of aromatic nitrogens is 2. The van der Waals surface area contributed by atoms with E-state index in [-0.39, 0.29) is 12.4 Å². The second-order valence-electron chi connectivity index (χ2n) is 4.84. The maximum absolute atomic E-state index is 13.9. The largest absolute Gasteiger partial charge is 0.484 e. The highest BCUT2D eigenvalue weighted by Gasteiger charge is 2.14. The van der Waals surface area contributed by atoms with E-state index >= 15 is 0 Å². The Labute approximate surface area is 131 Å². The summed E-state index contributed by atoms with van der Waals surface area (Å²) in [5, 5.41) is 13.8. The molecular formula is C15H18BrFN2O2. The molecule has 4 nitrogen and oxygen atoms in total. The fourth-order valence-electron chi connectivity index (χ4n) is 2.02. The van der Waals surface area contributed by atoms with E-state index in [0.29, 0.717) is 5.56 Å². The predicted molar refractivity (Wildman–Crippen MR) is 81.7 cm³/mol. The van der Waals surface area contributed by atoms with E-state index in [0.717, 1.165) is 22.3 Å². The van der Waals surface area contributed by atoms with Crippen molar-refractivity contribution in [1.82, 2.24) is 9.78 Å². The van der Waals surface area contributed by atoms with Gasteiger partial charge in [0.25, 0.3) is 0 Å². The first-order valence-electron chi connectivity index (χ1n) is 6.74. The van der Waals surface area contributed by atoms with Crippen molar-refractivity contribution in [2.24, 2.45) is 7.05 Å². The number of aliphatic hydroxyl groups excluding tert-OH is 1. The van der Waals surface area contributed by atoms with Crippen LogP contribution in [-0.2, 0) is 20.1 Å². The van der Waals surface area contributed by atoms with Gasteiger partial charge in [0.05, 0.1) is 22.0 Å². The molecule has 1 aromatic carbocycles. The molecule has 0 unspecified atom stereocenters. The Bertz CT molecular complexity index is 641. The average Bonchev–Trinajstić information content (AvgIpc) is 2.72. The maximum Gasteiger partial charge on any atom is 0.165 e. The number of halogens is 2. The van der Waals surface area contributed by atoms with Gasteiger partial charge in [0.1, 0.15) is 6.61 Å². The second kappa shape index (κ2) is 6.58. The van der Waals surface area contributed by atoms with Gasteiger partial charge in [-0.15, -0.1) is 0 Å². The molecule has 21 heavy (non-hydrogen) atoms. The van der Waals surface area contributed by atoms with Crippen molar-refractivity contribution >= 4 is 15.9 Å². The number of aryl methyl sites for hydroxylation is 2. The molecule has 1 N–H and O–H groups in total. The second-order valence-corrected chi connectivity index (χ2v) is 5.63. The topological polar surface area (TPSA) is 47.3 Å². The van der Waals surface area contributed by atoms with E-state index in [4.69, 9.17) is 4.74 Å². The van der Waals surface area contributed by atoms with Crippen LogP contribution in [0.25, 0.3) is 0 Å². The van der Waals surface area contributed by atoms with Gasteiger partial charge in [-0.25, -0.2) is 4.39 Å². The number of hydrogen-bond acceptors (Lipinski definition) is 3. The number of nitrogens with zero attached hydrogens (tertiary/aromatic N) is 2. The Morgan fingerprint density at radius 1 is 1.48 bits per heavy atom. The molecule has 0 aliphatic heterocycles. The van der Waals surface area contributed by atoms with Crippen molar-refractivity contribution in [2.45, 2.75) is 33.0 Å². The molecule has 0 spiro atoms. The van der Waals surface area contributed by atoms with Crippen molar-refractivity contribution in [3.05, 3.63) is 45.4 Å². The fourth-order valence-corrected chi connectivity index (χ4v) is 2.75. The Balaban J connectivity index is 2.15. The van der Waals surface area contributed by atoms with Crippen molar-refractivity contribution in [2.75, 3.05) is 0 Å². The summed E-state index contributed by atoms with van der Waals surface area (Å²) in [7, 11) is 1.83. The minimum absolute atomic E-state index is 0.158. The zero-order valence-corrected chi connectivity index (χ0v) is 13.8. The average molecular weight is 357 g/mol. The molecule has 2 rings (SSSR count). The van der Waals surface area contributed by atoms with Crippen molar-refractivity contribution in [3.8, 4) is 5.75 Å². The van der Waals surface area contributed by atoms with Crippen LogP contribution in [0.1, 0.15) is 36.9 Å². The first kappa shape index (κ1) is 16.0. The minimum atomic E-state index is -0.702. The quantitative estimate of drug-likeness (QED) is 0.891. The summed E-state index contributed by atoms with van der Waals surface area (Å²) in [5.74, 6) is -0.326. The highest BCUT2D eigenvalue weighted by molar-refractivity contribution is 9.10. The molecule has 0 amide bonds. The summed E-state index contributed by atoms with van der Waals surface area (Å²) in [6.07, 6.45) is 0.109. The molecule has 0 fully saturated rings. The Kier molecular flexibility index (Phi) is 5.00. The smallest absolute Gasteiger partial charge is 0.165 e. The first-order chi connectivity index (χ1) is 9.93. The molecule has 0 aliphatic carbocycles. The number of hydrogen-bond donors (Lipinski definition) is 1. The summed E-state index contributed by atoms with van der Waals surface area (Å²) < 4.78 is 22.1. The van der Waals surface area contributed by atoms with Crippen molar-refractivity contribution in [1.29, 1.82) is 0 Å². The molecule has 0 aliphatic rings. The standard InChI is InChI=1S/C15H18BrFN2O2/c1-4-12-15(16)13(19(3)18-12)8-21-14-6-5-10(9(2)20)7-11(14)17/h5-7,9,20H,4,8H2,1-3H3/t9-/m0/s1. The summed E-state index contributed by atoms with van der Waals surface area (Å²) in [6, 6.07) is 4.47. The predicted octanol–water partition coefficient (Wildman–Crippen LogP) is 3.52. The highest BCUT2D eigenvalue weighted by atomic mass is 79.9. The summed E-state index contributed by atoms with van der Waals surface area (Å²) in [5.41, 5.74) is 2.32. The SMILES string of the molecule is CCc1nn(C)c(COc2ccc([C@H](C)O)cc2F)c1Br. The zero-order valence-electron chi connectivity index (χ0n) is 12.2. The third kappa shape index (κ3) is 3.44. The van der Waals surface area contributed by atoms with Crippen LogP contribution in [0.2, 0.25) is 0 Å². The van der Waals surface area contributed by atoms with E-state index in [9.17, 15) is 9.50 Å². The van der Waals surface area contributed by atoms with Crippen LogP contribution in [-0.4, -0.2) is 14.9 Å². The van der Waals surface area contributed by atoms with Crippen molar-refractivity contribution < 1.29 is 14.2 Å². The molecule has 0 saturated heterocycles. The Hall–Kier alpha value is -1.40. The maximum atomic E-state index is 13.9. The summed E-state index contributed by atoms with van der Waals surface area (Å²) in [4.78, 5) is 0. The van der Waals surface area contributed by atoms with Gasteiger partial charge in [0.2, 0.25) is 0 Å². The molecule has 2 aromatic rings. The molecule has 1 heterocycles. The van der Waals surface area contributed by atoms with Gasteiger partial charge in [-0.05, 0) is 47.0 Å². The van der Waals surface area contributed by atoms with Crippen LogP contribution < -0.4 is 4.74 Å². The van der Waals surface area contributed by atoms with Gasteiger partial charge < -0.3 is 9.84 Å². The van der Waals surface area contributed by atoms with Crippen LogP contribution in [0.5, 0.6) is 5.75 Å². The molecule has 1 atom stereocenters. The lowest BCUT2D eigenvalue weighted by Crippen LogP contribution is -2.05. The van der Waals surface area contributed by atoms with Crippen LogP contribution in [0.15, 0.2) is 22.7 Å². The number of ether oxygens (including phenoxy) is 1. The lowest BCUT2D eigenvalue weighted by Gasteiger charge is -2.10. The molecule has 6 heteroatoms. The lowest BCUT2D eigenvalue weighted by molar-refractivity contribution is 0.198. The molecule has 0 saturated carbocycles. The number of aliphatic hydroxyl groups is 1. The van der Waals surface area contributed by atoms with Gasteiger partial charge in [-0.2, -0.15) is 5.10 Å². The summed E-state index contributed by atoms with van der Waals surface area (Å²) in [6.45, 7) is 3.83. The third-order valence-corrected chi connectivity index (χ3v) is 4.22. The monoisotopic (exact) mass is 356 g/mol. The van der Waals surface area contributed by atoms with Crippen molar-refractivity contribution in [3.63, 3.8) is 0 Å². The molecule has 1 aromatic heterocycles. The molecule has 0 bridgehead atoms. The van der Waals surface area contributed by atoms with Crippen LogP contribution in [0.4, 0.5) is 4.39 Å². The fraction of sp³-hybridized carbons (Fsp3) is 0.400. The Morgan fingerprint density at radius 3 is 2.71 bits per heavy atom. The van der Waals surface area contributed by atoms with Gasteiger partial charge in [0.15, 0.2) is 11.6 Å². The summed E-state index contributed by atoms with van der Waals surface area (Å²) >= 11 is 3.49. The molecule has 114 valence electrons. The number of benzene rings is 1. The zero-order chi connectivity index (χ0) is 15.6. The number of rotatable bonds is 5. The normalized spacial score (nSPS) is 12.5. The van der Waals surface area contributed by atoms with Crippen LogP contribution in [0, 0.1) is 5.82 Å². The molecular weight excluding hydrogens is 339 g/mol. The van der Waals surface area contributed by atoms with E-state index in [2.05, 4.69) is 21.0 Å². The van der Waals surface area contributed by atoms with Gasteiger partial charge in [-0.3, -0.25) is 4.68 Å². The molecule has 0 radical (unpaired) electrons. The van der Waals surface area contributed by atoms with E-state index in [1.807, 2.05) is 14.0 Å². The van der Waals surface area contributed by atoms with E-state index in [1.54, 1.807) is 17.7 Å². The minimum Gasteiger partial charge on any atom is -0.484 e. The van der Waals surface area contributed by atoms with Gasteiger partial charge in [0, 0.05) is 7.05 Å². The van der Waals surface area contributed by atoms with Gasteiger partial charge >= 0.3 is 0 Å². The van der Waals surface area contributed by atoms with Crippen LogP contribution in [0.3, 0.4) is 0 Å². The third-order valence-electron chi connectivity index (χ3n) is 3.31. The highest BCUT2D eigenvalue weighted by Crippen LogP contribution is 2.26. The van der Waals surface area contributed by atoms with E-state index in [1.165, 1.54) is 12.1 Å². The van der Waals surface area contributed by atoms with Gasteiger partial charge in [-0.1, -0.05) is 13.0 Å². The lowest BCUT2D eigenvalue weighted by atomic mass is 10.1.